The number of benzene rings is 2. The van der Waals surface area contributed by atoms with Crippen LogP contribution in [-0.2, 0) is 0 Å². The van der Waals surface area contributed by atoms with Crippen molar-refractivity contribution in [2.24, 2.45) is 10.2 Å². The number of aryl methyl sites for hydroxylation is 1. The molecule has 0 spiro atoms. The second-order valence-corrected chi connectivity index (χ2v) is 7.81. The Morgan fingerprint density at radius 3 is 2.58 bits per heavy atom. The molecule has 0 unspecified atom stereocenters. The Bertz CT molecular complexity index is 1200. The van der Waals surface area contributed by atoms with E-state index in [9.17, 15) is 19.8 Å². The quantitative estimate of drug-likeness (QED) is 0.474. The van der Waals surface area contributed by atoms with Gasteiger partial charge in [-0.2, -0.15) is 0 Å². The maximum Gasteiger partial charge on any atom is 0.335 e. The fourth-order valence-corrected chi connectivity index (χ4v) is 4.04. The molecule has 8 heteroatoms. The van der Waals surface area contributed by atoms with Crippen LogP contribution < -0.4 is 5.56 Å². The zero-order chi connectivity index (χ0) is 22.0. The highest BCUT2D eigenvalue weighted by atomic mass is 16.4. The molecule has 1 saturated carbocycles. The third-order valence-electron chi connectivity index (χ3n) is 5.70. The highest BCUT2D eigenvalue weighted by Gasteiger charge is 2.21. The molecule has 3 aromatic rings. The van der Waals surface area contributed by atoms with Crippen LogP contribution in [0.3, 0.4) is 0 Å². The molecule has 0 amide bonds. The highest BCUT2D eigenvalue weighted by molar-refractivity contribution is 5.90. The maximum atomic E-state index is 12.8. The predicted octanol–water partition coefficient (Wildman–Crippen LogP) is 5.48. The number of nitrogens with one attached hydrogen (secondary N) is 1. The number of phenolic OH excluding ortho intramolecular Hbond substituents is 1. The first kappa shape index (κ1) is 20.6. The van der Waals surface area contributed by atoms with E-state index in [4.69, 9.17) is 0 Å². The van der Waals surface area contributed by atoms with Crippen LogP contribution in [0.2, 0.25) is 0 Å². The Kier molecular flexibility index (Phi) is 5.70. The van der Waals surface area contributed by atoms with Crippen molar-refractivity contribution in [1.82, 2.24) is 9.78 Å². The number of rotatable bonds is 5. The Hall–Kier alpha value is -3.68. The smallest absolute Gasteiger partial charge is 0.335 e. The van der Waals surface area contributed by atoms with Gasteiger partial charge in [-0.15, -0.1) is 10.2 Å². The van der Waals surface area contributed by atoms with Crippen molar-refractivity contribution in [1.29, 1.82) is 0 Å². The van der Waals surface area contributed by atoms with E-state index in [-0.39, 0.29) is 34.3 Å². The molecule has 31 heavy (non-hydrogen) atoms. The van der Waals surface area contributed by atoms with Crippen LogP contribution >= 0.6 is 0 Å². The molecule has 1 aromatic heterocycles. The highest BCUT2D eigenvalue weighted by Crippen LogP contribution is 2.38. The molecule has 2 aromatic carbocycles. The van der Waals surface area contributed by atoms with Gasteiger partial charge in [0.15, 0.2) is 11.4 Å². The van der Waals surface area contributed by atoms with E-state index < -0.39 is 5.97 Å². The lowest BCUT2D eigenvalue weighted by Gasteiger charge is -2.21. The fraction of sp³-hybridized carbons (Fsp3) is 0.304. The van der Waals surface area contributed by atoms with Gasteiger partial charge in [-0.25, -0.2) is 9.48 Å². The number of carboxylic acids is 1. The van der Waals surface area contributed by atoms with Gasteiger partial charge in [0, 0.05) is 5.56 Å². The number of aromatic nitrogens is 2. The van der Waals surface area contributed by atoms with Gasteiger partial charge >= 0.3 is 5.97 Å². The number of aromatic amines is 1. The summed E-state index contributed by atoms with van der Waals surface area (Å²) in [5.41, 5.74) is 1.94. The summed E-state index contributed by atoms with van der Waals surface area (Å²) in [6.07, 6.45) is 5.34. The lowest BCUT2D eigenvalue weighted by molar-refractivity contribution is 0.0697. The van der Waals surface area contributed by atoms with E-state index in [1.165, 1.54) is 18.6 Å². The zero-order valence-electron chi connectivity index (χ0n) is 17.2. The van der Waals surface area contributed by atoms with Crippen LogP contribution in [0, 0.1) is 6.92 Å². The van der Waals surface area contributed by atoms with Crippen LogP contribution in [0.5, 0.6) is 5.75 Å². The first-order chi connectivity index (χ1) is 15.0. The molecule has 1 fully saturated rings. The van der Waals surface area contributed by atoms with Crippen LogP contribution in [0.1, 0.15) is 54.2 Å². The Morgan fingerprint density at radius 1 is 1.10 bits per heavy atom. The van der Waals surface area contributed by atoms with Gasteiger partial charge in [0.25, 0.3) is 5.56 Å². The molecule has 3 N–H and O–H groups in total. The van der Waals surface area contributed by atoms with E-state index in [0.717, 1.165) is 25.7 Å². The van der Waals surface area contributed by atoms with Crippen molar-refractivity contribution in [2.75, 3.05) is 0 Å². The van der Waals surface area contributed by atoms with Gasteiger partial charge in [-0.3, -0.25) is 9.89 Å². The number of azo groups is 1. The Balaban J connectivity index is 1.66. The summed E-state index contributed by atoms with van der Waals surface area (Å²) in [6, 6.07) is 11.4. The molecular weight excluding hydrogens is 396 g/mol. The van der Waals surface area contributed by atoms with Gasteiger partial charge in [-0.1, -0.05) is 43.5 Å². The molecule has 1 aliphatic rings. The number of hydrogen-bond acceptors (Lipinski definition) is 5. The molecule has 0 atom stereocenters. The van der Waals surface area contributed by atoms with Crippen LogP contribution in [-0.4, -0.2) is 26.0 Å². The van der Waals surface area contributed by atoms with Crippen molar-refractivity contribution in [3.8, 4) is 16.9 Å². The normalized spacial score (nSPS) is 14.9. The summed E-state index contributed by atoms with van der Waals surface area (Å²) in [6.45, 7) is 1.78. The standard InChI is InChI=1S/C23H24N4O4/c1-14-20(22(29)27(26-14)17-9-3-2-4-10-17)25-24-19-12-6-11-18(21(19)28)15-7-5-8-16(13-15)23(30)31/h5-8,11-13,17,26,28H,2-4,9-10H2,1H3,(H,30,31). The topological polar surface area (TPSA) is 120 Å². The average molecular weight is 420 g/mol. The fourth-order valence-electron chi connectivity index (χ4n) is 4.04. The summed E-state index contributed by atoms with van der Waals surface area (Å²) in [4.78, 5) is 24.1. The lowest BCUT2D eigenvalue weighted by Crippen LogP contribution is -2.24. The van der Waals surface area contributed by atoms with Crippen molar-refractivity contribution in [3.05, 3.63) is 64.1 Å². The number of H-pyrrole nitrogens is 1. The average Bonchev–Trinajstić information content (AvgIpc) is 3.07. The number of hydrogen-bond donors (Lipinski definition) is 3. The SMILES string of the molecule is Cc1[nH]n(C2CCCCC2)c(=O)c1N=Nc1cccc(-c2cccc(C(=O)O)c2)c1O. The number of para-hydroxylation sites is 1. The number of carboxylic acid groups (broad SMARTS) is 1. The van der Waals surface area contributed by atoms with E-state index in [1.807, 2.05) is 0 Å². The number of nitrogens with zero attached hydrogens (tertiary/aromatic N) is 3. The van der Waals surface area contributed by atoms with Gasteiger partial charge in [0.1, 0.15) is 5.69 Å². The molecule has 0 aliphatic heterocycles. The minimum absolute atomic E-state index is 0.121. The van der Waals surface area contributed by atoms with Crippen molar-refractivity contribution >= 4 is 17.3 Å². The van der Waals surface area contributed by atoms with Crippen LogP contribution in [0.15, 0.2) is 57.5 Å². The minimum atomic E-state index is -1.05. The van der Waals surface area contributed by atoms with Gasteiger partial charge in [-0.05, 0) is 43.5 Å². The van der Waals surface area contributed by atoms with Crippen molar-refractivity contribution in [2.45, 2.75) is 45.1 Å². The molecule has 0 bridgehead atoms. The maximum absolute atomic E-state index is 12.8. The van der Waals surface area contributed by atoms with Gasteiger partial charge < -0.3 is 10.2 Å². The molecule has 4 rings (SSSR count). The van der Waals surface area contributed by atoms with E-state index in [1.54, 1.807) is 41.9 Å². The molecule has 1 heterocycles. The van der Waals surface area contributed by atoms with Gasteiger partial charge in [0.05, 0.1) is 17.3 Å². The zero-order valence-corrected chi connectivity index (χ0v) is 17.2. The number of aromatic hydroxyl groups is 1. The second-order valence-electron chi connectivity index (χ2n) is 7.81. The van der Waals surface area contributed by atoms with Crippen molar-refractivity contribution < 1.29 is 15.0 Å². The summed E-state index contributed by atoms with van der Waals surface area (Å²) < 4.78 is 1.65. The number of phenols is 1. The van der Waals surface area contributed by atoms with Crippen LogP contribution in [0.25, 0.3) is 11.1 Å². The third kappa shape index (κ3) is 4.14. The molecule has 8 nitrogen and oxygen atoms in total. The predicted molar refractivity (Wildman–Crippen MR) is 117 cm³/mol. The largest absolute Gasteiger partial charge is 0.505 e. The summed E-state index contributed by atoms with van der Waals surface area (Å²) in [7, 11) is 0. The Morgan fingerprint density at radius 2 is 1.84 bits per heavy atom. The summed E-state index contributed by atoms with van der Waals surface area (Å²) >= 11 is 0. The van der Waals surface area contributed by atoms with Gasteiger partial charge in [0.2, 0.25) is 0 Å². The van der Waals surface area contributed by atoms with E-state index >= 15 is 0 Å². The third-order valence-corrected chi connectivity index (χ3v) is 5.70. The minimum Gasteiger partial charge on any atom is -0.505 e. The lowest BCUT2D eigenvalue weighted by atomic mass is 9.96. The summed E-state index contributed by atoms with van der Waals surface area (Å²) in [5.74, 6) is -1.18. The van der Waals surface area contributed by atoms with Crippen LogP contribution in [0.4, 0.5) is 11.4 Å². The van der Waals surface area contributed by atoms with E-state index in [0.29, 0.717) is 16.8 Å². The molecular formula is C23H24N4O4. The number of carbonyl (C=O) groups is 1. The second kappa shape index (κ2) is 8.59. The molecule has 160 valence electrons. The monoisotopic (exact) mass is 420 g/mol. The molecule has 1 aliphatic carbocycles. The Labute approximate surface area is 178 Å². The molecule has 0 saturated heterocycles. The first-order valence-corrected chi connectivity index (χ1v) is 10.3. The van der Waals surface area contributed by atoms with Crippen molar-refractivity contribution in [3.63, 3.8) is 0 Å². The first-order valence-electron chi connectivity index (χ1n) is 10.3. The summed E-state index contributed by atoms with van der Waals surface area (Å²) in [5, 5.41) is 31.3. The number of aromatic carboxylic acids is 1. The molecule has 0 radical (unpaired) electrons. The van der Waals surface area contributed by atoms with E-state index in [2.05, 4.69) is 15.3 Å².